The van der Waals surface area contributed by atoms with Gasteiger partial charge in [0.2, 0.25) is 5.91 Å². The number of aryl methyl sites for hydroxylation is 1. The lowest BCUT2D eigenvalue weighted by Gasteiger charge is -2.36. The van der Waals surface area contributed by atoms with Gasteiger partial charge in [0.25, 0.3) is 0 Å². The molecule has 0 spiro atoms. The zero-order valence-electron chi connectivity index (χ0n) is 15.0. The van der Waals surface area contributed by atoms with Gasteiger partial charge in [-0.15, -0.1) is 0 Å². The smallest absolute Gasteiger partial charge is 0.227 e. The Labute approximate surface area is 143 Å². The zero-order chi connectivity index (χ0) is 17.3. The Morgan fingerprint density at radius 1 is 1.21 bits per heavy atom. The molecule has 0 radical (unpaired) electrons. The van der Waals surface area contributed by atoms with E-state index in [2.05, 4.69) is 27.3 Å². The largest absolute Gasteiger partial charge is 0.342 e. The highest BCUT2D eigenvalue weighted by Gasteiger charge is 2.30. The van der Waals surface area contributed by atoms with Gasteiger partial charge in [-0.2, -0.15) is 5.10 Å². The van der Waals surface area contributed by atoms with Gasteiger partial charge < -0.3 is 4.90 Å². The summed E-state index contributed by atoms with van der Waals surface area (Å²) in [5.74, 6) is 0.735. The van der Waals surface area contributed by atoms with Crippen LogP contribution in [0.4, 0.5) is 0 Å². The second-order valence-corrected chi connectivity index (χ2v) is 7.73. The summed E-state index contributed by atoms with van der Waals surface area (Å²) in [5, 5.41) is 7.26. The fourth-order valence-electron chi connectivity index (χ4n) is 3.28. The molecule has 1 amide bonds. The molecule has 2 aromatic heterocycles. The molecule has 0 saturated carbocycles. The van der Waals surface area contributed by atoms with E-state index in [1.807, 2.05) is 44.9 Å². The van der Waals surface area contributed by atoms with Crippen molar-refractivity contribution < 1.29 is 4.79 Å². The van der Waals surface area contributed by atoms with Gasteiger partial charge in [-0.25, -0.2) is 0 Å². The van der Waals surface area contributed by atoms with Gasteiger partial charge in [0.1, 0.15) is 5.69 Å². The van der Waals surface area contributed by atoms with Crippen LogP contribution in [-0.2, 0) is 4.79 Å². The average molecular weight is 326 g/mol. The van der Waals surface area contributed by atoms with Gasteiger partial charge in [0, 0.05) is 30.4 Å². The number of carbonyl (C=O) groups excluding carboxylic acids is 1. The Balaban J connectivity index is 1.70. The topological polar surface area (TPSA) is 61.9 Å². The first-order valence-electron chi connectivity index (χ1n) is 8.62. The second kappa shape index (κ2) is 6.38. The lowest BCUT2D eigenvalue weighted by molar-refractivity contribution is -0.140. The van der Waals surface area contributed by atoms with Crippen LogP contribution in [0, 0.1) is 12.3 Å². The van der Waals surface area contributed by atoms with Crippen molar-refractivity contribution in [2.75, 3.05) is 13.1 Å². The molecule has 1 N–H and O–H groups in total. The molecule has 0 aliphatic carbocycles. The van der Waals surface area contributed by atoms with Crippen molar-refractivity contribution in [1.29, 1.82) is 0 Å². The SMILES string of the molecule is Cc1cc(-c2cc(C3CCN(C(=O)C(C)(C)C)CC3)ccn2)n[nH]1. The summed E-state index contributed by atoms with van der Waals surface area (Å²) in [7, 11) is 0. The van der Waals surface area contributed by atoms with Crippen molar-refractivity contribution in [3.05, 3.63) is 35.7 Å². The van der Waals surface area contributed by atoms with Crippen LogP contribution in [0.15, 0.2) is 24.4 Å². The van der Waals surface area contributed by atoms with E-state index in [4.69, 9.17) is 0 Å². The number of nitrogens with one attached hydrogen (secondary N) is 1. The number of aromatic amines is 1. The Hall–Kier alpha value is -2.17. The number of pyridine rings is 1. The molecule has 0 aromatic carbocycles. The van der Waals surface area contributed by atoms with Gasteiger partial charge >= 0.3 is 0 Å². The molecule has 128 valence electrons. The van der Waals surface area contributed by atoms with Crippen LogP contribution >= 0.6 is 0 Å². The molecular formula is C19H26N4O. The first-order chi connectivity index (χ1) is 11.3. The maximum atomic E-state index is 12.4. The summed E-state index contributed by atoms with van der Waals surface area (Å²) in [6, 6.07) is 6.24. The first kappa shape index (κ1) is 16.7. The minimum absolute atomic E-state index is 0.253. The number of carbonyl (C=O) groups is 1. The Morgan fingerprint density at radius 2 is 1.92 bits per heavy atom. The van der Waals surface area contributed by atoms with E-state index in [0.717, 1.165) is 43.0 Å². The maximum Gasteiger partial charge on any atom is 0.227 e. The molecule has 0 bridgehead atoms. The average Bonchev–Trinajstić information content (AvgIpc) is 3.00. The fraction of sp³-hybridized carbons (Fsp3) is 0.526. The minimum Gasteiger partial charge on any atom is -0.342 e. The molecular weight excluding hydrogens is 300 g/mol. The monoisotopic (exact) mass is 326 g/mol. The van der Waals surface area contributed by atoms with Crippen molar-refractivity contribution >= 4 is 5.91 Å². The highest BCUT2D eigenvalue weighted by atomic mass is 16.2. The molecule has 3 heterocycles. The third-order valence-electron chi connectivity index (χ3n) is 4.65. The van der Waals surface area contributed by atoms with Gasteiger partial charge in [-0.1, -0.05) is 20.8 Å². The van der Waals surface area contributed by atoms with Crippen LogP contribution in [-0.4, -0.2) is 39.1 Å². The fourth-order valence-corrected chi connectivity index (χ4v) is 3.28. The van der Waals surface area contributed by atoms with Crippen LogP contribution in [0.2, 0.25) is 0 Å². The molecule has 0 atom stereocenters. The van der Waals surface area contributed by atoms with E-state index in [9.17, 15) is 4.79 Å². The van der Waals surface area contributed by atoms with Crippen molar-refractivity contribution in [2.45, 2.75) is 46.5 Å². The molecule has 5 heteroatoms. The quantitative estimate of drug-likeness (QED) is 0.918. The van der Waals surface area contributed by atoms with E-state index in [1.54, 1.807) is 0 Å². The number of likely N-dealkylation sites (tertiary alicyclic amines) is 1. The van der Waals surface area contributed by atoms with Crippen LogP contribution in [0.5, 0.6) is 0 Å². The maximum absolute atomic E-state index is 12.4. The molecule has 3 rings (SSSR count). The standard InChI is InChI=1S/C19H26N4O/c1-13-11-17(22-21-13)16-12-15(5-8-20-16)14-6-9-23(10-7-14)18(24)19(2,3)4/h5,8,11-12,14H,6-7,9-10H2,1-4H3,(H,21,22). The summed E-state index contributed by atoms with van der Waals surface area (Å²) in [5.41, 5.74) is 3.82. The second-order valence-electron chi connectivity index (χ2n) is 7.73. The van der Waals surface area contributed by atoms with Gasteiger partial charge in [-0.05, 0) is 49.4 Å². The molecule has 0 unspecified atom stereocenters. The number of piperidine rings is 1. The first-order valence-corrected chi connectivity index (χ1v) is 8.62. The number of hydrogen-bond donors (Lipinski definition) is 1. The van der Waals surface area contributed by atoms with E-state index in [1.165, 1.54) is 5.56 Å². The molecule has 2 aromatic rings. The Morgan fingerprint density at radius 3 is 2.50 bits per heavy atom. The lowest BCUT2D eigenvalue weighted by atomic mass is 9.87. The number of amides is 1. The predicted molar refractivity (Wildman–Crippen MR) is 94.6 cm³/mol. The normalized spacial score (nSPS) is 16.4. The van der Waals surface area contributed by atoms with Crippen LogP contribution in [0.1, 0.15) is 50.8 Å². The number of aromatic nitrogens is 3. The van der Waals surface area contributed by atoms with Crippen molar-refractivity contribution in [2.24, 2.45) is 5.41 Å². The highest BCUT2D eigenvalue weighted by Crippen LogP contribution is 2.31. The van der Waals surface area contributed by atoms with Crippen molar-refractivity contribution in [1.82, 2.24) is 20.1 Å². The van der Waals surface area contributed by atoms with Crippen LogP contribution in [0.25, 0.3) is 11.4 Å². The minimum atomic E-state index is -0.297. The third kappa shape index (κ3) is 3.50. The van der Waals surface area contributed by atoms with Gasteiger partial charge in [-0.3, -0.25) is 14.9 Å². The predicted octanol–water partition coefficient (Wildman–Crippen LogP) is 3.53. The molecule has 1 aliphatic heterocycles. The molecule has 1 aliphatic rings. The lowest BCUT2D eigenvalue weighted by Crippen LogP contribution is -2.43. The summed E-state index contributed by atoms with van der Waals surface area (Å²) >= 11 is 0. The van der Waals surface area contributed by atoms with Crippen molar-refractivity contribution in [3.63, 3.8) is 0 Å². The Kier molecular flexibility index (Phi) is 4.43. The van der Waals surface area contributed by atoms with E-state index >= 15 is 0 Å². The van der Waals surface area contributed by atoms with E-state index in [0.29, 0.717) is 5.92 Å². The summed E-state index contributed by atoms with van der Waals surface area (Å²) in [6.07, 6.45) is 3.87. The molecule has 24 heavy (non-hydrogen) atoms. The summed E-state index contributed by atoms with van der Waals surface area (Å²) in [6.45, 7) is 9.62. The Bertz CT molecular complexity index is 721. The number of nitrogens with zero attached hydrogens (tertiary/aromatic N) is 3. The van der Waals surface area contributed by atoms with Gasteiger partial charge in [0.15, 0.2) is 0 Å². The van der Waals surface area contributed by atoms with Crippen LogP contribution < -0.4 is 0 Å². The molecule has 5 nitrogen and oxygen atoms in total. The van der Waals surface area contributed by atoms with E-state index < -0.39 is 0 Å². The molecule has 1 fully saturated rings. The summed E-state index contributed by atoms with van der Waals surface area (Å²) < 4.78 is 0. The molecule has 1 saturated heterocycles. The van der Waals surface area contributed by atoms with Crippen molar-refractivity contribution in [3.8, 4) is 11.4 Å². The third-order valence-corrected chi connectivity index (χ3v) is 4.65. The number of H-pyrrole nitrogens is 1. The van der Waals surface area contributed by atoms with Gasteiger partial charge in [0.05, 0.1) is 5.69 Å². The van der Waals surface area contributed by atoms with Crippen LogP contribution in [0.3, 0.4) is 0 Å². The highest BCUT2D eigenvalue weighted by molar-refractivity contribution is 5.81. The summed E-state index contributed by atoms with van der Waals surface area (Å²) in [4.78, 5) is 18.9. The number of rotatable bonds is 2. The van der Waals surface area contributed by atoms with E-state index in [-0.39, 0.29) is 11.3 Å². The zero-order valence-corrected chi connectivity index (χ0v) is 15.0. The number of hydrogen-bond acceptors (Lipinski definition) is 3.